The van der Waals surface area contributed by atoms with Crippen LogP contribution in [-0.4, -0.2) is 30.7 Å². The van der Waals surface area contributed by atoms with Gasteiger partial charge in [0.1, 0.15) is 12.4 Å². The summed E-state index contributed by atoms with van der Waals surface area (Å²) >= 11 is 1.87. The Morgan fingerprint density at radius 3 is 2.33 bits per heavy atom. The first kappa shape index (κ1) is 15.4. The predicted octanol–water partition coefficient (Wildman–Crippen LogP) is 3.41. The summed E-state index contributed by atoms with van der Waals surface area (Å²) in [4.78, 5) is 0. The summed E-state index contributed by atoms with van der Waals surface area (Å²) in [5.41, 5.74) is 2.42. The molecule has 1 rings (SSSR count). The van der Waals surface area contributed by atoms with Crippen molar-refractivity contribution in [2.24, 2.45) is 0 Å². The Hall–Kier alpha value is -0.670. The molecule has 3 heteroatoms. The van der Waals surface area contributed by atoms with Crippen molar-refractivity contribution in [3.8, 4) is 5.75 Å². The van der Waals surface area contributed by atoms with Crippen molar-refractivity contribution in [2.75, 3.05) is 18.6 Å². The van der Waals surface area contributed by atoms with E-state index in [0.29, 0.717) is 18.7 Å². The molecule has 0 aliphatic carbocycles. The van der Waals surface area contributed by atoms with Gasteiger partial charge in [-0.05, 0) is 45.1 Å². The van der Waals surface area contributed by atoms with Gasteiger partial charge in [0.2, 0.25) is 0 Å². The molecule has 0 heterocycles. The van der Waals surface area contributed by atoms with E-state index in [0.717, 1.165) is 11.5 Å². The molecule has 0 saturated heterocycles. The van der Waals surface area contributed by atoms with Crippen LogP contribution in [0.3, 0.4) is 0 Å². The summed E-state index contributed by atoms with van der Waals surface area (Å²) in [6.45, 7) is 9.29. The SMILES string of the molecule is CSC[C@H](C)N[C@H](C)COc1c(C)cccc1C. The molecule has 1 N–H and O–H groups in total. The van der Waals surface area contributed by atoms with Crippen molar-refractivity contribution in [3.63, 3.8) is 0 Å². The normalized spacial score (nSPS) is 14.3. The quantitative estimate of drug-likeness (QED) is 0.818. The maximum absolute atomic E-state index is 5.94. The van der Waals surface area contributed by atoms with Crippen LogP contribution < -0.4 is 10.1 Å². The van der Waals surface area contributed by atoms with E-state index in [-0.39, 0.29) is 0 Å². The number of hydrogen-bond acceptors (Lipinski definition) is 3. The molecular weight excluding hydrogens is 242 g/mol. The minimum Gasteiger partial charge on any atom is -0.491 e. The maximum Gasteiger partial charge on any atom is 0.125 e. The summed E-state index contributed by atoms with van der Waals surface area (Å²) in [6.07, 6.45) is 2.13. The van der Waals surface area contributed by atoms with E-state index < -0.39 is 0 Å². The molecule has 0 bridgehead atoms. The second-order valence-corrected chi connectivity index (χ2v) is 5.87. The first-order valence-corrected chi connectivity index (χ1v) is 7.88. The zero-order chi connectivity index (χ0) is 13.5. The first-order chi connectivity index (χ1) is 8.54. The number of ether oxygens (including phenoxy) is 1. The zero-order valence-electron chi connectivity index (χ0n) is 12.1. The molecule has 0 unspecified atom stereocenters. The monoisotopic (exact) mass is 267 g/mol. The van der Waals surface area contributed by atoms with Crippen LogP contribution in [0.25, 0.3) is 0 Å². The number of benzene rings is 1. The molecule has 102 valence electrons. The zero-order valence-corrected chi connectivity index (χ0v) is 12.9. The molecule has 0 spiro atoms. The van der Waals surface area contributed by atoms with Crippen LogP contribution in [0.15, 0.2) is 18.2 Å². The van der Waals surface area contributed by atoms with Crippen molar-refractivity contribution < 1.29 is 4.74 Å². The lowest BCUT2D eigenvalue weighted by Crippen LogP contribution is -2.39. The highest BCUT2D eigenvalue weighted by atomic mass is 32.2. The predicted molar refractivity (Wildman–Crippen MR) is 81.9 cm³/mol. The van der Waals surface area contributed by atoms with Crippen molar-refractivity contribution in [1.29, 1.82) is 0 Å². The van der Waals surface area contributed by atoms with Gasteiger partial charge in [-0.2, -0.15) is 11.8 Å². The van der Waals surface area contributed by atoms with Crippen molar-refractivity contribution in [3.05, 3.63) is 29.3 Å². The standard InChI is InChI=1S/C15H25NOS/c1-11-7-6-8-12(2)15(11)17-9-13(3)16-14(4)10-18-5/h6-8,13-14,16H,9-10H2,1-5H3/t13-,14+/m1/s1. The lowest BCUT2D eigenvalue weighted by Gasteiger charge is -2.21. The fraction of sp³-hybridized carbons (Fsp3) is 0.600. The molecule has 0 radical (unpaired) electrons. The van der Waals surface area contributed by atoms with Crippen molar-refractivity contribution in [2.45, 2.75) is 39.8 Å². The second-order valence-electron chi connectivity index (χ2n) is 4.96. The molecule has 2 atom stereocenters. The highest BCUT2D eigenvalue weighted by Gasteiger charge is 2.09. The Bertz CT molecular complexity index is 347. The van der Waals surface area contributed by atoms with Gasteiger partial charge < -0.3 is 10.1 Å². The minimum atomic E-state index is 0.367. The largest absolute Gasteiger partial charge is 0.491 e. The van der Waals surface area contributed by atoms with Crippen LogP contribution in [0, 0.1) is 13.8 Å². The Morgan fingerprint density at radius 1 is 1.17 bits per heavy atom. The van der Waals surface area contributed by atoms with E-state index in [9.17, 15) is 0 Å². The molecule has 0 saturated carbocycles. The summed E-state index contributed by atoms with van der Waals surface area (Å²) in [7, 11) is 0. The third kappa shape index (κ3) is 4.91. The fourth-order valence-electron chi connectivity index (χ4n) is 2.07. The van der Waals surface area contributed by atoms with Crippen LogP contribution in [-0.2, 0) is 0 Å². The molecule has 18 heavy (non-hydrogen) atoms. The van der Waals surface area contributed by atoms with E-state index in [4.69, 9.17) is 4.74 Å². The van der Waals surface area contributed by atoms with Crippen molar-refractivity contribution >= 4 is 11.8 Å². The second kappa shape index (κ2) is 7.70. The smallest absolute Gasteiger partial charge is 0.125 e. The summed E-state index contributed by atoms with van der Waals surface area (Å²) in [5, 5.41) is 3.54. The highest BCUT2D eigenvalue weighted by Crippen LogP contribution is 2.22. The summed E-state index contributed by atoms with van der Waals surface area (Å²) in [5.74, 6) is 2.16. The Balaban J connectivity index is 2.45. The molecule has 0 aliphatic heterocycles. The van der Waals surface area contributed by atoms with E-state index in [1.165, 1.54) is 11.1 Å². The van der Waals surface area contributed by atoms with E-state index in [1.807, 2.05) is 11.8 Å². The fourth-order valence-corrected chi connectivity index (χ4v) is 2.66. The number of aryl methyl sites for hydroxylation is 2. The molecular formula is C15H25NOS. The number of rotatable bonds is 7. The van der Waals surface area contributed by atoms with Crippen LogP contribution in [0.4, 0.5) is 0 Å². The Morgan fingerprint density at radius 2 is 1.78 bits per heavy atom. The van der Waals surface area contributed by atoms with Gasteiger partial charge in [0.05, 0.1) is 0 Å². The maximum atomic E-state index is 5.94. The third-order valence-electron chi connectivity index (χ3n) is 2.87. The number of thioether (sulfide) groups is 1. The average Bonchev–Trinajstić information content (AvgIpc) is 2.28. The molecule has 1 aromatic carbocycles. The number of hydrogen-bond donors (Lipinski definition) is 1. The molecule has 0 fully saturated rings. The van der Waals surface area contributed by atoms with Crippen LogP contribution in [0.1, 0.15) is 25.0 Å². The lowest BCUT2D eigenvalue weighted by atomic mass is 10.1. The van der Waals surface area contributed by atoms with E-state index in [1.54, 1.807) is 0 Å². The molecule has 0 aromatic heterocycles. The van der Waals surface area contributed by atoms with E-state index >= 15 is 0 Å². The Kier molecular flexibility index (Phi) is 6.58. The molecule has 0 amide bonds. The topological polar surface area (TPSA) is 21.3 Å². The van der Waals surface area contributed by atoms with Crippen LogP contribution in [0.5, 0.6) is 5.75 Å². The molecule has 2 nitrogen and oxygen atoms in total. The lowest BCUT2D eigenvalue weighted by molar-refractivity contribution is 0.263. The molecule has 0 aliphatic rings. The van der Waals surface area contributed by atoms with Gasteiger partial charge in [-0.25, -0.2) is 0 Å². The van der Waals surface area contributed by atoms with Crippen molar-refractivity contribution in [1.82, 2.24) is 5.32 Å². The molecule has 1 aromatic rings. The number of nitrogens with one attached hydrogen (secondary N) is 1. The van der Waals surface area contributed by atoms with Gasteiger partial charge in [-0.1, -0.05) is 18.2 Å². The summed E-state index contributed by atoms with van der Waals surface area (Å²) in [6, 6.07) is 7.15. The van der Waals surface area contributed by atoms with Crippen LogP contribution >= 0.6 is 11.8 Å². The van der Waals surface area contributed by atoms with E-state index in [2.05, 4.69) is 57.5 Å². The van der Waals surface area contributed by atoms with Gasteiger partial charge in [0, 0.05) is 17.8 Å². The van der Waals surface area contributed by atoms with Gasteiger partial charge >= 0.3 is 0 Å². The van der Waals surface area contributed by atoms with Crippen LogP contribution in [0.2, 0.25) is 0 Å². The van der Waals surface area contributed by atoms with Gasteiger partial charge in [-0.15, -0.1) is 0 Å². The first-order valence-electron chi connectivity index (χ1n) is 6.48. The summed E-state index contributed by atoms with van der Waals surface area (Å²) < 4.78 is 5.94. The van der Waals surface area contributed by atoms with Gasteiger partial charge in [-0.3, -0.25) is 0 Å². The van der Waals surface area contributed by atoms with Gasteiger partial charge in [0.15, 0.2) is 0 Å². The third-order valence-corrected chi connectivity index (χ3v) is 3.71. The Labute approximate surface area is 116 Å². The number of para-hydroxylation sites is 1. The highest BCUT2D eigenvalue weighted by molar-refractivity contribution is 7.98. The average molecular weight is 267 g/mol. The van der Waals surface area contributed by atoms with Gasteiger partial charge in [0.25, 0.3) is 0 Å². The minimum absolute atomic E-state index is 0.367.